The summed E-state index contributed by atoms with van der Waals surface area (Å²) in [5.74, 6) is 1.19. The third-order valence-electron chi connectivity index (χ3n) is 4.07. The molecule has 0 bridgehead atoms. The number of carbonyl (C=O) groups is 1. The molecule has 1 saturated heterocycles. The lowest BCUT2D eigenvalue weighted by molar-refractivity contribution is -0.121. The summed E-state index contributed by atoms with van der Waals surface area (Å²) >= 11 is 1.35. The fourth-order valence-electron chi connectivity index (χ4n) is 2.63. The van der Waals surface area contributed by atoms with Gasteiger partial charge in [-0.15, -0.1) is 0 Å². The maximum Gasteiger partial charge on any atom is 0.266 e. The van der Waals surface area contributed by atoms with Crippen molar-refractivity contribution in [1.82, 2.24) is 4.90 Å². The summed E-state index contributed by atoms with van der Waals surface area (Å²) in [6.45, 7) is 4.46. The predicted molar refractivity (Wildman–Crippen MR) is 111 cm³/mol. The normalized spacial score (nSPS) is 17.0. The van der Waals surface area contributed by atoms with E-state index in [1.807, 2.05) is 62.4 Å². The third kappa shape index (κ3) is 4.17. The molecular weight excluding hydrogens is 360 g/mol. The molecule has 3 rings (SSSR count). The number of carbonyl (C=O) groups excluding carboxylic acids is 1. The second kappa shape index (κ2) is 8.31. The van der Waals surface area contributed by atoms with Crippen molar-refractivity contribution >= 4 is 34.6 Å². The van der Waals surface area contributed by atoms with E-state index in [9.17, 15) is 4.79 Å². The standard InChI is InChI=1S/C21H22N2O3S/c1-5-26-19-15(7-6-8-17(19)25-4)13-18-20(24)23(3)21(27-18)22-16-11-9-14(2)10-12-16/h6-13H,5H2,1-4H3/b18-13+,22-21?. The monoisotopic (exact) mass is 382 g/mol. The van der Waals surface area contributed by atoms with Crippen molar-refractivity contribution in [2.75, 3.05) is 20.8 Å². The van der Waals surface area contributed by atoms with E-state index in [4.69, 9.17) is 9.47 Å². The number of aryl methyl sites for hydroxylation is 1. The smallest absolute Gasteiger partial charge is 0.266 e. The van der Waals surface area contributed by atoms with Crippen LogP contribution in [0.2, 0.25) is 0 Å². The predicted octanol–water partition coefficient (Wildman–Crippen LogP) is 4.64. The van der Waals surface area contributed by atoms with E-state index >= 15 is 0 Å². The average Bonchev–Trinajstić information content (AvgIpc) is 2.93. The molecule has 2 aromatic carbocycles. The van der Waals surface area contributed by atoms with E-state index in [0.717, 1.165) is 11.3 Å². The highest BCUT2D eigenvalue weighted by atomic mass is 32.2. The fourth-order valence-corrected chi connectivity index (χ4v) is 3.61. The van der Waals surface area contributed by atoms with Crippen LogP contribution >= 0.6 is 11.8 Å². The molecule has 1 aliphatic rings. The number of benzene rings is 2. The van der Waals surface area contributed by atoms with Gasteiger partial charge in [-0.2, -0.15) is 0 Å². The van der Waals surface area contributed by atoms with Crippen molar-refractivity contribution < 1.29 is 14.3 Å². The molecule has 0 aromatic heterocycles. The number of nitrogens with zero attached hydrogens (tertiary/aromatic N) is 2. The number of hydrogen-bond acceptors (Lipinski definition) is 5. The summed E-state index contributed by atoms with van der Waals surface area (Å²) in [5.41, 5.74) is 2.79. The van der Waals surface area contributed by atoms with Crippen LogP contribution in [0.3, 0.4) is 0 Å². The first-order valence-corrected chi connectivity index (χ1v) is 9.48. The second-order valence-corrected chi connectivity index (χ2v) is 7.03. The molecule has 0 atom stereocenters. The van der Waals surface area contributed by atoms with E-state index in [1.54, 1.807) is 19.1 Å². The van der Waals surface area contributed by atoms with Crippen LogP contribution in [0, 0.1) is 6.92 Å². The van der Waals surface area contributed by atoms with Crippen LogP contribution in [-0.4, -0.2) is 36.7 Å². The number of rotatable bonds is 5. The molecule has 0 radical (unpaired) electrons. The van der Waals surface area contributed by atoms with E-state index < -0.39 is 0 Å². The summed E-state index contributed by atoms with van der Waals surface area (Å²) in [6, 6.07) is 13.5. The van der Waals surface area contributed by atoms with Gasteiger partial charge < -0.3 is 9.47 Å². The van der Waals surface area contributed by atoms with Gasteiger partial charge >= 0.3 is 0 Å². The van der Waals surface area contributed by atoms with Crippen LogP contribution in [0.5, 0.6) is 11.5 Å². The second-order valence-electron chi connectivity index (χ2n) is 6.02. The highest BCUT2D eigenvalue weighted by Crippen LogP contribution is 2.37. The molecule has 1 amide bonds. The number of amides is 1. The number of ether oxygens (including phenoxy) is 2. The topological polar surface area (TPSA) is 51.1 Å². The number of likely N-dealkylation sites (N-methyl/N-ethyl adjacent to an activating group) is 1. The van der Waals surface area contributed by atoms with Gasteiger partial charge in [0.2, 0.25) is 0 Å². The summed E-state index contributed by atoms with van der Waals surface area (Å²) < 4.78 is 11.1. The van der Waals surface area contributed by atoms with Gasteiger partial charge in [0.05, 0.1) is 24.3 Å². The largest absolute Gasteiger partial charge is 0.493 e. The van der Waals surface area contributed by atoms with E-state index in [0.29, 0.717) is 28.2 Å². The number of aliphatic imine (C=N–C) groups is 1. The van der Waals surface area contributed by atoms with Gasteiger partial charge in [-0.3, -0.25) is 9.69 Å². The van der Waals surface area contributed by atoms with Gasteiger partial charge in [-0.25, -0.2) is 4.99 Å². The van der Waals surface area contributed by atoms with Gasteiger partial charge in [-0.1, -0.05) is 29.8 Å². The van der Waals surface area contributed by atoms with Gasteiger partial charge in [0, 0.05) is 12.6 Å². The van der Waals surface area contributed by atoms with E-state index in [2.05, 4.69) is 4.99 Å². The molecule has 27 heavy (non-hydrogen) atoms. The van der Waals surface area contributed by atoms with Crippen molar-refractivity contribution in [1.29, 1.82) is 0 Å². The molecule has 5 nitrogen and oxygen atoms in total. The fraction of sp³-hybridized carbons (Fsp3) is 0.238. The lowest BCUT2D eigenvalue weighted by Gasteiger charge is -2.12. The Balaban J connectivity index is 1.94. The van der Waals surface area contributed by atoms with E-state index in [1.165, 1.54) is 17.3 Å². The highest BCUT2D eigenvalue weighted by Gasteiger charge is 2.30. The van der Waals surface area contributed by atoms with Crippen molar-refractivity contribution in [2.45, 2.75) is 13.8 Å². The van der Waals surface area contributed by atoms with Crippen molar-refractivity contribution in [3.8, 4) is 11.5 Å². The van der Waals surface area contributed by atoms with Gasteiger partial charge in [0.25, 0.3) is 5.91 Å². The van der Waals surface area contributed by atoms with Crippen LogP contribution in [-0.2, 0) is 4.79 Å². The first-order valence-electron chi connectivity index (χ1n) is 8.66. The molecule has 0 aliphatic carbocycles. The minimum absolute atomic E-state index is 0.0869. The molecule has 140 valence electrons. The Hall–Kier alpha value is -2.73. The molecular formula is C21H22N2O3S. The molecule has 1 aliphatic heterocycles. The van der Waals surface area contributed by atoms with E-state index in [-0.39, 0.29) is 5.91 Å². The van der Waals surface area contributed by atoms with Crippen molar-refractivity contribution in [2.24, 2.45) is 4.99 Å². The van der Waals surface area contributed by atoms with Gasteiger partial charge in [0.15, 0.2) is 16.7 Å². The Labute approximate surface area is 163 Å². The number of methoxy groups -OCH3 is 1. The highest BCUT2D eigenvalue weighted by molar-refractivity contribution is 8.18. The Kier molecular flexibility index (Phi) is 5.86. The summed E-state index contributed by atoms with van der Waals surface area (Å²) in [5, 5.41) is 0.649. The van der Waals surface area contributed by atoms with Crippen LogP contribution in [0.4, 0.5) is 5.69 Å². The molecule has 1 heterocycles. The molecule has 2 aromatic rings. The lowest BCUT2D eigenvalue weighted by Crippen LogP contribution is -2.23. The molecule has 0 spiro atoms. The minimum atomic E-state index is -0.0869. The number of thioether (sulfide) groups is 1. The molecule has 1 fully saturated rings. The maximum absolute atomic E-state index is 12.7. The van der Waals surface area contributed by atoms with Crippen LogP contribution in [0.1, 0.15) is 18.1 Å². The Morgan fingerprint density at radius 3 is 2.59 bits per heavy atom. The van der Waals surface area contributed by atoms with Crippen molar-refractivity contribution in [3.05, 3.63) is 58.5 Å². The first-order chi connectivity index (χ1) is 13.0. The maximum atomic E-state index is 12.7. The van der Waals surface area contributed by atoms with Crippen molar-refractivity contribution in [3.63, 3.8) is 0 Å². The first kappa shape index (κ1) is 19.0. The summed E-state index contributed by atoms with van der Waals surface area (Å²) in [7, 11) is 3.34. The number of amidine groups is 1. The lowest BCUT2D eigenvalue weighted by atomic mass is 10.1. The van der Waals surface area contributed by atoms with Crippen LogP contribution in [0.15, 0.2) is 52.4 Å². The molecule has 0 saturated carbocycles. The summed E-state index contributed by atoms with van der Waals surface area (Å²) in [4.78, 5) is 19.4. The quantitative estimate of drug-likeness (QED) is 0.707. The minimum Gasteiger partial charge on any atom is -0.493 e. The Morgan fingerprint density at radius 2 is 1.93 bits per heavy atom. The molecule has 0 unspecified atom stereocenters. The zero-order chi connectivity index (χ0) is 19.4. The third-order valence-corrected chi connectivity index (χ3v) is 5.13. The molecule has 6 heteroatoms. The SMILES string of the molecule is CCOc1c(/C=C2/SC(=Nc3ccc(C)cc3)N(C)C2=O)cccc1OC. The molecule has 0 N–H and O–H groups in total. The number of hydrogen-bond donors (Lipinski definition) is 0. The zero-order valence-electron chi connectivity index (χ0n) is 15.9. The Bertz CT molecular complexity index is 904. The number of para-hydroxylation sites is 1. The zero-order valence-corrected chi connectivity index (χ0v) is 16.7. The average molecular weight is 382 g/mol. The van der Waals surface area contributed by atoms with Gasteiger partial charge in [0.1, 0.15) is 0 Å². The summed E-state index contributed by atoms with van der Waals surface area (Å²) in [6.07, 6.45) is 1.83. The Morgan fingerprint density at radius 1 is 1.19 bits per heavy atom. The van der Waals surface area contributed by atoms with Gasteiger partial charge in [-0.05, 0) is 49.9 Å². The van der Waals surface area contributed by atoms with Crippen LogP contribution in [0.25, 0.3) is 6.08 Å². The van der Waals surface area contributed by atoms with Crippen LogP contribution < -0.4 is 9.47 Å².